The smallest absolute Gasteiger partial charge is 0.0979 e. The van der Waals surface area contributed by atoms with Crippen LogP contribution in [-0.4, -0.2) is 14.5 Å². The fraction of sp³-hybridized carbons (Fsp3) is 0.0769. The molecule has 318 valence electrons. The van der Waals surface area contributed by atoms with Crippen LogP contribution in [0.1, 0.15) is 52.8 Å². The van der Waals surface area contributed by atoms with E-state index in [9.17, 15) is 0 Å². The average Bonchev–Trinajstić information content (AvgIpc) is 4.02. The molecule has 0 radical (unpaired) electrons. The maximum atomic E-state index is 5.84. The zero-order valence-electron chi connectivity index (χ0n) is 37.4. The van der Waals surface area contributed by atoms with E-state index in [1.807, 2.05) is 0 Å². The molecule has 0 aliphatic heterocycles. The van der Waals surface area contributed by atoms with Crippen molar-refractivity contribution >= 4 is 55.1 Å². The van der Waals surface area contributed by atoms with E-state index >= 15 is 0 Å². The molecular weight excluding hydrogens is 823 g/mol. The van der Waals surface area contributed by atoms with Crippen LogP contribution in [0.5, 0.6) is 0 Å². The number of benzene rings is 9. The van der Waals surface area contributed by atoms with Gasteiger partial charge in [0, 0.05) is 44.2 Å². The zero-order valence-corrected chi connectivity index (χ0v) is 37.4. The maximum absolute atomic E-state index is 5.84. The van der Waals surface area contributed by atoms with Gasteiger partial charge in [0.1, 0.15) is 0 Å². The van der Waals surface area contributed by atoms with Gasteiger partial charge in [-0.1, -0.05) is 176 Å². The van der Waals surface area contributed by atoms with E-state index in [4.69, 9.17) is 9.97 Å². The van der Waals surface area contributed by atoms with E-state index in [2.05, 4.69) is 217 Å². The monoisotopic (exact) mass is 865 g/mol. The van der Waals surface area contributed by atoms with Crippen molar-refractivity contribution in [1.29, 1.82) is 0 Å². The van der Waals surface area contributed by atoms with Gasteiger partial charge in [0.2, 0.25) is 0 Å². The standard InChI is InChI=1S/C65H43N3/c1-2-19-44(20-3-1)68-59-32-15-11-26-51(59)54-38-41(34-36-60(54)68)40-17-16-18-42(37-40)61-62(67-64-53-28-7-5-22-46(53)45-21-4-6-27-52(45)63(64)66-61)43-33-35-50-49-25-10-14-31-57(49)65(58(50)39-43)55-29-12-8-23-47(55)48-24-9-13-30-56(48)65/h1-12,14,16-29,31,33-39H,13,15,30,32H2. The van der Waals surface area contributed by atoms with E-state index < -0.39 is 5.41 Å². The second-order valence-corrected chi connectivity index (χ2v) is 18.9. The molecule has 4 aliphatic carbocycles. The molecule has 68 heavy (non-hydrogen) atoms. The number of aromatic nitrogens is 3. The van der Waals surface area contributed by atoms with E-state index in [0.29, 0.717) is 0 Å². The first kappa shape index (κ1) is 37.8. The van der Waals surface area contributed by atoms with Gasteiger partial charge in [-0.15, -0.1) is 0 Å². The van der Waals surface area contributed by atoms with E-state index in [-0.39, 0.29) is 0 Å². The molecule has 3 heteroatoms. The molecule has 1 unspecified atom stereocenters. The van der Waals surface area contributed by atoms with Crippen molar-refractivity contribution in [2.75, 3.05) is 0 Å². The van der Waals surface area contributed by atoms with Crippen molar-refractivity contribution < 1.29 is 0 Å². The summed E-state index contributed by atoms with van der Waals surface area (Å²) in [5, 5.41) is 5.88. The molecule has 3 nitrogen and oxygen atoms in total. The third kappa shape index (κ3) is 5.13. The van der Waals surface area contributed by atoms with Crippen molar-refractivity contribution in [2.45, 2.75) is 31.1 Å². The number of hydrogen-bond acceptors (Lipinski definition) is 2. The molecule has 2 aromatic heterocycles. The summed E-state index contributed by atoms with van der Waals surface area (Å²) in [7, 11) is 0. The molecule has 0 fully saturated rings. The highest BCUT2D eigenvalue weighted by molar-refractivity contribution is 6.23. The molecule has 2 heterocycles. The Morgan fingerprint density at radius 2 is 1.00 bits per heavy atom. The van der Waals surface area contributed by atoms with Gasteiger partial charge in [-0.05, 0) is 129 Å². The van der Waals surface area contributed by atoms with Crippen molar-refractivity contribution in [1.82, 2.24) is 14.5 Å². The minimum Gasteiger partial charge on any atom is -0.313 e. The Morgan fingerprint density at radius 1 is 0.412 bits per heavy atom. The first-order chi connectivity index (χ1) is 33.7. The second-order valence-electron chi connectivity index (χ2n) is 18.9. The number of para-hydroxylation sites is 1. The number of nitrogens with zero attached hydrogens (tertiary/aromatic N) is 3. The van der Waals surface area contributed by atoms with Crippen LogP contribution in [0.15, 0.2) is 212 Å². The van der Waals surface area contributed by atoms with Gasteiger partial charge in [-0.2, -0.15) is 0 Å². The maximum Gasteiger partial charge on any atom is 0.0979 e. The third-order valence-corrected chi connectivity index (χ3v) is 15.5. The molecule has 4 aliphatic rings. The average molecular weight is 866 g/mol. The summed E-state index contributed by atoms with van der Waals surface area (Å²) >= 11 is 0. The lowest BCUT2D eigenvalue weighted by molar-refractivity contribution is 0.714. The fourth-order valence-corrected chi connectivity index (χ4v) is 12.7. The van der Waals surface area contributed by atoms with Crippen LogP contribution < -0.4 is 0 Å². The molecule has 0 N–H and O–H groups in total. The molecule has 0 bridgehead atoms. The summed E-state index contributed by atoms with van der Waals surface area (Å²) in [5.74, 6) is 0. The van der Waals surface area contributed by atoms with E-state index in [0.717, 1.165) is 75.6 Å². The van der Waals surface area contributed by atoms with Crippen LogP contribution in [0.2, 0.25) is 0 Å². The molecule has 15 rings (SSSR count). The topological polar surface area (TPSA) is 30.7 Å². The number of fused-ring (bicyclic) bond motifs is 18. The summed E-state index contributed by atoms with van der Waals surface area (Å²) in [6.45, 7) is 0. The zero-order chi connectivity index (χ0) is 44.5. The Kier molecular flexibility index (Phi) is 7.95. The highest BCUT2D eigenvalue weighted by Crippen LogP contribution is 2.64. The van der Waals surface area contributed by atoms with E-state index in [1.54, 1.807) is 0 Å². The molecule has 1 atom stereocenters. The molecule has 0 amide bonds. The SMILES string of the molecule is C1=CC2=C(CC1)C1(c3ccccc32)c2ccccc2-c2ccc(-c3nc4c5ccccc5c5ccccc5c4nc3-c3cccc(-c4ccc5c(c4)c4c(n5-c5ccccc5)CCC=C4)c3)cc21. The third-order valence-electron chi connectivity index (χ3n) is 15.5. The van der Waals surface area contributed by atoms with Gasteiger partial charge in [-0.3, -0.25) is 0 Å². The summed E-state index contributed by atoms with van der Waals surface area (Å²) in [5.41, 5.74) is 23.8. The van der Waals surface area contributed by atoms with Crippen LogP contribution in [-0.2, 0) is 11.8 Å². The van der Waals surface area contributed by atoms with Crippen LogP contribution in [0.3, 0.4) is 0 Å². The lowest BCUT2D eigenvalue weighted by atomic mass is 9.68. The summed E-state index contributed by atoms with van der Waals surface area (Å²) in [4.78, 5) is 11.7. The largest absolute Gasteiger partial charge is 0.313 e. The Labute approximate surface area is 394 Å². The van der Waals surface area contributed by atoms with Crippen LogP contribution in [0, 0.1) is 0 Å². The number of rotatable bonds is 4. The summed E-state index contributed by atoms with van der Waals surface area (Å²) in [6, 6.07) is 69.6. The number of allylic oxidation sites excluding steroid dienone is 5. The molecule has 11 aromatic rings. The Bertz CT molecular complexity index is 4090. The van der Waals surface area contributed by atoms with Crippen molar-refractivity contribution in [3.05, 3.63) is 245 Å². The Morgan fingerprint density at radius 3 is 1.78 bits per heavy atom. The first-order valence-electron chi connectivity index (χ1n) is 24.1. The lowest BCUT2D eigenvalue weighted by Gasteiger charge is -2.33. The van der Waals surface area contributed by atoms with Crippen molar-refractivity contribution in [3.63, 3.8) is 0 Å². The fourth-order valence-electron chi connectivity index (χ4n) is 12.7. The van der Waals surface area contributed by atoms with Gasteiger partial charge < -0.3 is 4.57 Å². The predicted molar refractivity (Wildman–Crippen MR) is 282 cm³/mol. The van der Waals surface area contributed by atoms with Crippen LogP contribution >= 0.6 is 0 Å². The molecular formula is C65H43N3. The quantitative estimate of drug-likeness (QED) is 0.165. The second kappa shape index (κ2) is 14.3. The van der Waals surface area contributed by atoms with Crippen molar-refractivity contribution in [3.8, 4) is 50.5 Å². The molecule has 0 saturated carbocycles. The van der Waals surface area contributed by atoms with Gasteiger partial charge in [0.15, 0.2) is 0 Å². The highest BCUT2D eigenvalue weighted by atomic mass is 15.0. The Balaban J connectivity index is 0.979. The summed E-state index contributed by atoms with van der Waals surface area (Å²) in [6.07, 6.45) is 13.5. The molecule has 9 aromatic carbocycles. The minimum atomic E-state index is -0.391. The van der Waals surface area contributed by atoms with Crippen molar-refractivity contribution in [2.24, 2.45) is 0 Å². The van der Waals surface area contributed by atoms with E-state index in [1.165, 1.54) is 88.7 Å². The molecule has 1 spiro atoms. The van der Waals surface area contributed by atoms with Gasteiger partial charge >= 0.3 is 0 Å². The van der Waals surface area contributed by atoms with Gasteiger partial charge in [0.05, 0.1) is 33.4 Å². The first-order valence-corrected chi connectivity index (χ1v) is 24.1. The Hall–Kier alpha value is -8.40. The predicted octanol–water partition coefficient (Wildman–Crippen LogP) is 16.3. The number of hydrogen-bond donors (Lipinski definition) is 0. The van der Waals surface area contributed by atoms with Crippen LogP contribution in [0.4, 0.5) is 0 Å². The summed E-state index contributed by atoms with van der Waals surface area (Å²) < 4.78 is 2.46. The molecule has 0 saturated heterocycles. The normalized spacial score (nSPS) is 16.5. The van der Waals surface area contributed by atoms with Crippen LogP contribution in [0.25, 0.3) is 106 Å². The minimum absolute atomic E-state index is 0.391. The van der Waals surface area contributed by atoms with Gasteiger partial charge in [-0.25, -0.2) is 9.97 Å². The lowest BCUT2D eigenvalue weighted by Crippen LogP contribution is -2.27. The highest BCUT2D eigenvalue weighted by Gasteiger charge is 2.52. The van der Waals surface area contributed by atoms with Gasteiger partial charge in [0.25, 0.3) is 0 Å².